The first-order valence-corrected chi connectivity index (χ1v) is 12.0. The van der Waals surface area contributed by atoms with Crippen molar-refractivity contribution in [2.45, 2.75) is 45.6 Å². The average Bonchev–Trinajstić information content (AvgIpc) is 3.35. The number of aromatic nitrogens is 4. The van der Waals surface area contributed by atoms with Crippen molar-refractivity contribution in [2.24, 2.45) is 5.92 Å². The molecule has 0 atom stereocenters. The Morgan fingerprint density at radius 2 is 1.90 bits per heavy atom. The van der Waals surface area contributed by atoms with Crippen LogP contribution in [0.3, 0.4) is 0 Å². The molecule has 162 valence electrons. The van der Waals surface area contributed by atoms with Gasteiger partial charge in [-0.2, -0.15) is 5.10 Å². The van der Waals surface area contributed by atoms with Gasteiger partial charge >= 0.3 is 0 Å². The lowest BCUT2D eigenvalue weighted by atomic mass is 10.2. The molecule has 0 saturated heterocycles. The largest absolute Gasteiger partial charge is 0.313 e. The van der Waals surface area contributed by atoms with Crippen LogP contribution in [-0.2, 0) is 29.5 Å². The molecule has 30 heavy (non-hydrogen) atoms. The van der Waals surface area contributed by atoms with E-state index >= 15 is 0 Å². The summed E-state index contributed by atoms with van der Waals surface area (Å²) in [7, 11) is -3.46. The Bertz CT molecular complexity index is 1010. The highest BCUT2D eigenvalue weighted by Gasteiger charge is 2.25. The molecule has 0 aliphatic rings. The van der Waals surface area contributed by atoms with E-state index in [2.05, 4.69) is 21.9 Å². The van der Waals surface area contributed by atoms with E-state index in [9.17, 15) is 8.42 Å². The number of rotatable bonds is 11. The number of hydrogen-bond acceptors (Lipinski definition) is 5. The summed E-state index contributed by atoms with van der Waals surface area (Å²) in [6, 6.07) is 11.8. The molecule has 2 aromatic heterocycles. The van der Waals surface area contributed by atoms with Gasteiger partial charge in [0.2, 0.25) is 15.0 Å². The number of imidazole rings is 1. The molecular formula is C22H31N5O2S. The molecule has 0 spiro atoms. The van der Waals surface area contributed by atoms with Crippen LogP contribution in [0.5, 0.6) is 0 Å². The molecule has 2 heterocycles. The molecule has 7 nitrogen and oxygen atoms in total. The summed E-state index contributed by atoms with van der Waals surface area (Å²) in [6.45, 7) is 9.51. The molecule has 0 N–H and O–H groups in total. The summed E-state index contributed by atoms with van der Waals surface area (Å²) in [6.07, 6.45) is 5.44. The Balaban J connectivity index is 1.86. The molecule has 3 aromatic rings. The minimum atomic E-state index is -3.46. The maximum absolute atomic E-state index is 13.0. The van der Waals surface area contributed by atoms with Crippen molar-refractivity contribution in [3.63, 3.8) is 0 Å². The van der Waals surface area contributed by atoms with E-state index in [0.717, 1.165) is 30.9 Å². The predicted molar refractivity (Wildman–Crippen MR) is 118 cm³/mol. The standard InChI is InChI=1S/C22H31N5O2S/c1-4-25(13-14-26-12-8-11-24-26)17-21-15-23-22(30(28,29)18-19(2)3)27(21)16-20-9-6-5-7-10-20/h5-12,15,19H,4,13-14,16-18H2,1-3H3. The van der Waals surface area contributed by atoms with Gasteiger partial charge < -0.3 is 4.57 Å². The monoisotopic (exact) mass is 429 g/mol. The lowest BCUT2D eigenvalue weighted by Gasteiger charge is -2.22. The summed E-state index contributed by atoms with van der Waals surface area (Å²) in [5.74, 6) is 0.135. The molecule has 8 heteroatoms. The number of hydrogen-bond donors (Lipinski definition) is 0. The van der Waals surface area contributed by atoms with Gasteiger partial charge in [-0.15, -0.1) is 0 Å². The minimum Gasteiger partial charge on any atom is -0.313 e. The predicted octanol–water partition coefficient (Wildman–Crippen LogP) is 3.08. The fourth-order valence-corrected chi connectivity index (χ4v) is 5.23. The van der Waals surface area contributed by atoms with Gasteiger partial charge in [-0.1, -0.05) is 51.1 Å². The van der Waals surface area contributed by atoms with E-state index in [0.29, 0.717) is 13.1 Å². The van der Waals surface area contributed by atoms with E-state index in [-0.39, 0.29) is 16.8 Å². The summed E-state index contributed by atoms with van der Waals surface area (Å²) >= 11 is 0. The van der Waals surface area contributed by atoms with Gasteiger partial charge in [0.15, 0.2) is 0 Å². The van der Waals surface area contributed by atoms with Crippen molar-refractivity contribution < 1.29 is 8.42 Å². The van der Waals surface area contributed by atoms with E-state index in [4.69, 9.17) is 0 Å². The summed E-state index contributed by atoms with van der Waals surface area (Å²) in [4.78, 5) is 6.64. The molecule has 0 aliphatic heterocycles. The minimum absolute atomic E-state index is 0.0431. The van der Waals surface area contributed by atoms with E-state index < -0.39 is 9.84 Å². The number of benzene rings is 1. The zero-order valence-electron chi connectivity index (χ0n) is 18.0. The summed E-state index contributed by atoms with van der Waals surface area (Å²) in [5.41, 5.74) is 1.96. The van der Waals surface area contributed by atoms with E-state index in [1.165, 1.54) is 0 Å². The first-order valence-electron chi connectivity index (χ1n) is 10.4. The third-order valence-electron chi connectivity index (χ3n) is 4.95. The fraction of sp³-hybridized carbons (Fsp3) is 0.455. The van der Waals surface area contributed by atoms with Gasteiger partial charge in [-0.25, -0.2) is 13.4 Å². The van der Waals surface area contributed by atoms with Crippen molar-refractivity contribution >= 4 is 9.84 Å². The van der Waals surface area contributed by atoms with Crippen LogP contribution in [0.4, 0.5) is 0 Å². The lowest BCUT2D eigenvalue weighted by Crippen LogP contribution is -2.29. The van der Waals surface area contributed by atoms with E-state index in [1.807, 2.05) is 65.7 Å². The highest BCUT2D eigenvalue weighted by Crippen LogP contribution is 2.19. The first-order chi connectivity index (χ1) is 14.4. The summed E-state index contributed by atoms with van der Waals surface area (Å²) in [5, 5.41) is 4.42. The Labute approximate surface area is 179 Å². The molecule has 0 unspecified atom stereocenters. The Hall–Kier alpha value is -2.45. The van der Waals surface area contributed by atoms with Crippen molar-refractivity contribution in [3.8, 4) is 0 Å². The van der Waals surface area contributed by atoms with Gasteiger partial charge in [0, 0.05) is 25.5 Å². The molecule has 0 saturated carbocycles. The van der Waals surface area contributed by atoms with Crippen molar-refractivity contribution in [1.82, 2.24) is 24.2 Å². The quantitative estimate of drug-likeness (QED) is 0.468. The topological polar surface area (TPSA) is 73.0 Å². The second kappa shape index (κ2) is 10.0. The van der Waals surface area contributed by atoms with Crippen LogP contribution >= 0.6 is 0 Å². The van der Waals surface area contributed by atoms with Gasteiger partial charge in [-0.05, 0) is 24.1 Å². The van der Waals surface area contributed by atoms with Gasteiger partial charge in [0.1, 0.15) is 0 Å². The van der Waals surface area contributed by atoms with Crippen LogP contribution in [0.1, 0.15) is 32.0 Å². The molecule has 1 aromatic carbocycles. The number of nitrogens with zero attached hydrogens (tertiary/aromatic N) is 5. The lowest BCUT2D eigenvalue weighted by molar-refractivity contribution is 0.256. The van der Waals surface area contributed by atoms with Crippen LogP contribution in [0, 0.1) is 5.92 Å². The zero-order valence-corrected chi connectivity index (χ0v) is 18.8. The molecule has 0 bridgehead atoms. The number of sulfone groups is 1. The van der Waals surface area contributed by atoms with Crippen molar-refractivity contribution in [3.05, 3.63) is 66.2 Å². The SMILES string of the molecule is CCN(CCn1cccn1)Cc1cnc(S(=O)(=O)CC(C)C)n1Cc1ccccc1. The molecule has 3 rings (SSSR count). The smallest absolute Gasteiger partial charge is 0.228 e. The Kier molecular flexibility index (Phi) is 7.44. The van der Waals surface area contributed by atoms with Crippen LogP contribution < -0.4 is 0 Å². The molecule has 0 radical (unpaired) electrons. The van der Waals surface area contributed by atoms with Gasteiger partial charge in [0.25, 0.3) is 0 Å². The normalized spacial score (nSPS) is 12.2. The molecule has 0 amide bonds. The van der Waals surface area contributed by atoms with Crippen molar-refractivity contribution in [1.29, 1.82) is 0 Å². The first kappa shape index (κ1) is 22.2. The molecule has 0 fully saturated rings. The second-order valence-corrected chi connectivity index (χ2v) is 9.84. The third-order valence-corrected chi connectivity index (χ3v) is 6.94. The maximum Gasteiger partial charge on any atom is 0.228 e. The zero-order chi connectivity index (χ0) is 21.6. The maximum atomic E-state index is 13.0. The molecular weight excluding hydrogens is 398 g/mol. The Morgan fingerprint density at radius 3 is 2.53 bits per heavy atom. The fourth-order valence-electron chi connectivity index (χ4n) is 3.47. The van der Waals surface area contributed by atoms with Crippen LogP contribution in [0.15, 0.2) is 60.1 Å². The van der Waals surface area contributed by atoms with Crippen molar-refractivity contribution in [2.75, 3.05) is 18.8 Å². The highest BCUT2D eigenvalue weighted by atomic mass is 32.2. The van der Waals surface area contributed by atoms with Gasteiger partial charge in [-0.3, -0.25) is 9.58 Å². The second-order valence-electron chi connectivity index (χ2n) is 7.92. The summed E-state index contributed by atoms with van der Waals surface area (Å²) < 4.78 is 29.8. The van der Waals surface area contributed by atoms with Gasteiger partial charge in [0.05, 0.1) is 30.7 Å². The van der Waals surface area contributed by atoms with Crippen LogP contribution in [-0.4, -0.2) is 51.5 Å². The van der Waals surface area contributed by atoms with E-state index in [1.54, 1.807) is 12.4 Å². The highest BCUT2D eigenvalue weighted by molar-refractivity contribution is 7.91. The number of likely N-dealkylation sites (N-methyl/N-ethyl adjacent to an activating group) is 1. The average molecular weight is 430 g/mol. The Morgan fingerprint density at radius 1 is 1.13 bits per heavy atom. The third kappa shape index (κ3) is 5.79. The van der Waals surface area contributed by atoms with Crippen LogP contribution in [0.2, 0.25) is 0 Å². The molecule has 0 aliphatic carbocycles. The van der Waals surface area contributed by atoms with Crippen LogP contribution in [0.25, 0.3) is 0 Å².